The third-order valence-electron chi connectivity index (χ3n) is 3.32. The van der Waals surface area contributed by atoms with Gasteiger partial charge in [0.05, 0.1) is 12.5 Å². The first-order valence-electron chi connectivity index (χ1n) is 6.76. The largest absolute Gasteiger partial charge is 0.481 e. The highest BCUT2D eigenvalue weighted by molar-refractivity contribution is 5.92. The molecule has 0 bridgehead atoms. The zero-order valence-corrected chi connectivity index (χ0v) is 11.5. The van der Waals surface area contributed by atoms with E-state index in [-0.39, 0.29) is 12.5 Å². The standard InChI is InChI=1S/C15H19NO4/c1-10(15(18)19)12-3-2-4-13(7-12)16-14(17)9-20-8-11-5-6-11/h2-4,7,10-11H,5-6,8-9H2,1H3,(H,16,17)(H,18,19). The van der Waals surface area contributed by atoms with Crippen LogP contribution in [0.25, 0.3) is 0 Å². The first-order chi connectivity index (χ1) is 9.56. The van der Waals surface area contributed by atoms with Gasteiger partial charge in [-0.15, -0.1) is 0 Å². The lowest BCUT2D eigenvalue weighted by Gasteiger charge is -2.10. The summed E-state index contributed by atoms with van der Waals surface area (Å²) in [6, 6.07) is 6.88. The van der Waals surface area contributed by atoms with Crippen LogP contribution in [0.4, 0.5) is 5.69 Å². The first-order valence-corrected chi connectivity index (χ1v) is 6.76. The molecule has 2 rings (SSSR count). The van der Waals surface area contributed by atoms with Crippen molar-refractivity contribution in [3.63, 3.8) is 0 Å². The van der Waals surface area contributed by atoms with E-state index in [0.717, 1.165) is 0 Å². The van der Waals surface area contributed by atoms with Crippen molar-refractivity contribution < 1.29 is 19.4 Å². The van der Waals surface area contributed by atoms with E-state index in [1.54, 1.807) is 31.2 Å². The number of carboxylic acids is 1. The Morgan fingerprint density at radius 2 is 2.20 bits per heavy atom. The van der Waals surface area contributed by atoms with Gasteiger partial charge in [-0.1, -0.05) is 12.1 Å². The van der Waals surface area contributed by atoms with Crippen molar-refractivity contribution in [1.82, 2.24) is 0 Å². The van der Waals surface area contributed by atoms with Crippen LogP contribution in [0.15, 0.2) is 24.3 Å². The summed E-state index contributed by atoms with van der Waals surface area (Å²) in [6.45, 7) is 2.29. The third kappa shape index (κ3) is 4.35. The molecule has 1 aliphatic carbocycles. The zero-order chi connectivity index (χ0) is 14.5. The number of benzene rings is 1. The number of anilines is 1. The molecule has 1 atom stereocenters. The number of nitrogens with one attached hydrogen (secondary N) is 1. The number of amides is 1. The van der Waals surface area contributed by atoms with Crippen molar-refractivity contribution in [3.05, 3.63) is 29.8 Å². The molecule has 1 aromatic carbocycles. The van der Waals surface area contributed by atoms with Gasteiger partial charge in [0, 0.05) is 5.69 Å². The van der Waals surface area contributed by atoms with Crippen molar-refractivity contribution in [2.45, 2.75) is 25.7 Å². The highest BCUT2D eigenvalue weighted by atomic mass is 16.5. The number of carbonyl (C=O) groups excluding carboxylic acids is 1. The molecule has 1 aliphatic rings. The third-order valence-corrected chi connectivity index (χ3v) is 3.32. The molecule has 1 aromatic rings. The van der Waals surface area contributed by atoms with Crippen LogP contribution in [0.3, 0.4) is 0 Å². The second-order valence-corrected chi connectivity index (χ2v) is 5.19. The molecule has 0 spiro atoms. The molecule has 5 nitrogen and oxygen atoms in total. The molecule has 1 saturated carbocycles. The smallest absolute Gasteiger partial charge is 0.310 e. The summed E-state index contributed by atoms with van der Waals surface area (Å²) in [5.74, 6) is -1.08. The molecule has 0 aliphatic heterocycles. The fraction of sp³-hybridized carbons (Fsp3) is 0.467. The minimum atomic E-state index is -0.888. The number of hydrogen-bond acceptors (Lipinski definition) is 3. The van der Waals surface area contributed by atoms with Crippen LogP contribution in [0.2, 0.25) is 0 Å². The quantitative estimate of drug-likeness (QED) is 0.801. The lowest BCUT2D eigenvalue weighted by molar-refractivity contribution is -0.138. The maximum absolute atomic E-state index is 11.7. The van der Waals surface area contributed by atoms with E-state index in [4.69, 9.17) is 9.84 Å². The molecular formula is C15H19NO4. The molecule has 1 unspecified atom stereocenters. The van der Waals surface area contributed by atoms with Crippen molar-refractivity contribution >= 4 is 17.6 Å². The molecule has 108 valence electrons. The summed E-state index contributed by atoms with van der Waals surface area (Å²) < 4.78 is 5.30. The van der Waals surface area contributed by atoms with Gasteiger partial charge in [-0.3, -0.25) is 9.59 Å². The van der Waals surface area contributed by atoms with Gasteiger partial charge in [-0.05, 0) is 43.4 Å². The van der Waals surface area contributed by atoms with Crippen LogP contribution in [0.1, 0.15) is 31.2 Å². The normalized spacial score (nSPS) is 15.7. The highest BCUT2D eigenvalue weighted by Gasteiger charge is 2.21. The van der Waals surface area contributed by atoms with E-state index in [1.165, 1.54) is 12.8 Å². The van der Waals surface area contributed by atoms with Crippen LogP contribution >= 0.6 is 0 Å². The molecule has 0 radical (unpaired) electrons. The zero-order valence-electron chi connectivity index (χ0n) is 11.5. The SMILES string of the molecule is CC(C(=O)O)c1cccc(NC(=O)COCC2CC2)c1. The summed E-state index contributed by atoms with van der Waals surface area (Å²) >= 11 is 0. The summed E-state index contributed by atoms with van der Waals surface area (Å²) in [7, 11) is 0. The Bertz CT molecular complexity index is 496. The molecule has 0 saturated heterocycles. The molecule has 20 heavy (non-hydrogen) atoms. The topological polar surface area (TPSA) is 75.6 Å². The average molecular weight is 277 g/mol. The number of carboxylic acid groups (broad SMARTS) is 1. The lowest BCUT2D eigenvalue weighted by Crippen LogP contribution is -2.19. The Hall–Kier alpha value is -1.88. The number of rotatable bonds is 7. The molecule has 5 heteroatoms. The summed E-state index contributed by atoms with van der Waals surface area (Å²) in [4.78, 5) is 22.6. The summed E-state index contributed by atoms with van der Waals surface area (Å²) in [5.41, 5.74) is 1.25. The van der Waals surface area contributed by atoms with Gasteiger partial charge in [-0.2, -0.15) is 0 Å². The van der Waals surface area contributed by atoms with Gasteiger partial charge in [-0.25, -0.2) is 0 Å². The monoisotopic (exact) mass is 277 g/mol. The minimum Gasteiger partial charge on any atom is -0.481 e. The van der Waals surface area contributed by atoms with Crippen molar-refractivity contribution in [2.24, 2.45) is 5.92 Å². The van der Waals surface area contributed by atoms with Gasteiger partial charge in [0.25, 0.3) is 0 Å². The molecule has 1 amide bonds. The van der Waals surface area contributed by atoms with Crippen LogP contribution in [-0.2, 0) is 14.3 Å². The number of aliphatic carboxylic acids is 1. The van der Waals surface area contributed by atoms with Crippen molar-refractivity contribution in [1.29, 1.82) is 0 Å². The average Bonchev–Trinajstić information content (AvgIpc) is 3.22. The number of ether oxygens (including phenoxy) is 1. The van der Waals surface area contributed by atoms with E-state index < -0.39 is 11.9 Å². The Kier molecular flexibility index (Phi) is 4.74. The van der Waals surface area contributed by atoms with E-state index in [1.807, 2.05) is 0 Å². The van der Waals surface area contributed by atoms with Gasteiger partial charge >= 0.3 is 5.97 Å². The van der Waals surface area contributed by atoms with Crippen molar-refractivity contribution in [3.8, 4) is 0 Å². The lowest BCUT2D eigenvalue weighted by atomic mass is 10.0. The maximum atomic E-state index is 11.7. The molecule has 0 heterocycles. The summed E-state index contributed by atoms with van der Waals surface area (Å²) in [6.07, 6.45) is 2.38. The van der Waals surface area contributed by atoms with Crippen LogP contribution < -0.4 is 5.32 Å². The fourth-order valence-corrected chi connectivity index (χ4v) is 1.83. The molecule has 1 fully saturated rings. The predicted molar refractivity (Wildman–Crippen MR) is 74.7 cm³/mol. The fourth-order valence-electron chi connectivity index (χ4n) is 1.83. The Morgan fingerprint density at radius 3 is 2.85 bits per heavy atom. The Labute approximate surface area is 117 Å². The highest BCUT2D eigenvalue weighted by Crippen LogP contribution is 2.28. The minimum absolute atomic E-state index is 0.0369. The van der Waals surface area contributed by atoms with Gasteiger partial charge in [0.2, 0.25) is 5.91 Å². The van der Waals surface area contributed by atoms with Crippen LogP contribution in [0.5, 0.6) is 0 Å². The molecule has 2 N–H and O–H groups in total. The number of hydrogen-bond donors (Lipinski definition) is 2. The number of carbonyl (C=O) groups is 2. The van der Waals surface area contributed by atoms with Gasteiger partial charge in [0.1, 0.15) is 6.61 Å². The second-order valence-electron chi connectivity index (χ2n) is 5.19. The van der Waals surface area contributed by atoms with E-state index in [0.29, 0.717) is 23.8 Å². The maximum Gasteiger partial charge on any atom is 0.310 e. The van der Waals surface area contributed by atoms with E-state index in [2.05, 4.69) is 5.32 Å². The van der Waals surface area contributed by atoms with Crippen LogP contribution in [-0.4, -0.2) is 30.2 Å². The molecule has 0 aromatic heterocycles. The summed E-state index contributed by atoms with van der Waals surface area (Å²) in [5, 5.41) is 11.7. The van der Waals surface area contributed by atoms with Crippen LogP contribution in [0, 0.1) is 5.92 Å². The van der Waals surface area contributed by atoms with Gasteiger partial charge in [0.15, 0.2) is 0 Å². The second kappa shape index (κ2) is 6.52. The molecular weight excluding hydrogens is 258 g/mol. The van der Waals surface area contributed by atoms with Crippen molar-refractivity contribution in [2.75, 3.05) is 18.5 Å². The Morgan fingerprint density at radius 1 is 1.45 bits per heavy atom. The Balaban J connectivity index is 1.86. The predicted octanol–water partition coefficient (Wildman–Crippen LogP) is 2.24. The van der Waals surface area contributed by atoms with E-state index in [9.17, 15) is 9.59 Å². The van der Waals surface area contributed by atoms with E-state index >= 15 is 0 Å². The first kappa shape index (κ1) is 14.5. The van der Waals surface area contributed by atoms with Gasteiger partial charge < -0.3 is 15.2 Å².